The van der Waals surface area contributed by atoms with E-state index in [1.807, 2.05) is 43.0 Å². The summed E-state index contributed by atoms with van der Waals surface area (Å²) in [5.74, 6) is 0.754. The fourth-order valence-corrected chi connectivity index (χ4v) is 4.03. The predicted octanol–water partition coefficient (Wildman–Crippen LogP) is 3.64. The minimum Gasteiger partial charge on any atom is -0.357 e. The zero-order valence-electron chi connectivity index (χ0n) is 17.4. The van der Waals surface area contributed by atoms with Gasteiger partial charge in [0.25, 0.3) is 0 Å². The number of carbonyl (C=O) groups is 1. The zero-order chi connectivity index (χ0) is 20.6. The Labute approximate surface area is 176 Å². The first-order valence-corrected chi connectivity index (χ1v) is 11.0. The van der Waals surface area contributed by atoms with Gasteiger partial charge in [-0.05, 0) is 51.3 Å². The smallest absolute Gasteiger partial charge is 0.321 e. The number of likely N-dealkylation sites (tertiary alicyclic amines) is 1. The van der Waals surface area contributed by atoms with E-state index in [-0.39, 0.29) is 6.03 Å². The molecule has 0 aliphatic carbocycles. The molecule has 0 unspecified atom stereocenters. The maximum atomic E-state index is 12.3. The molecular weight excluding hydrogens is 384 g/mol. The molecule has 1 saturated heterocycles. The van der Waals surface area contributed by atoms with E-state index in [9.17, 15) is 4.79 Å². The van der Waals surface area contributed by atoms with E-state index in [2.05, 4.69) is 32.9 Å². The van der Waals surface area contributed by atoms with E-state index >= 15 is 0 Å². The lowest BCUT2D eigenvalue weighted by Crippen LogP contribution is -2.36. The quantitative estimate of drug-likeness (QED) is 0.498. The van der Waals surface area contributed by atoms with Crippen molar-refractivity contribution in [1.29, 1.82) is 0 Å². The van der Waals surface area contributed by atoms with Crippen LogP contribution in [0.5, 0.6) is 0 Å². The Balaban J connectivity index is 1.58. The van der Waals surface area contributed by atoms with Crippen molar-refractivity contribution < 1.29 is 4.79 Å². The van der Waals surface area contributed by atoms with Crippen LogP contribution in [-0.2, 0) is 13.1 Å². The summed E-state index contributed by atoms with van der Waals surface area (Å²) in [6.07, 6.45) is 2.17. The molecule has 2 amide bonds. The predicted molar refractivity (Wildman–Crippen MR) is 120 cm³/mol. The van der Waals surface area contributed by atoms with E-state index in [0.717, 1.165) is 60.4 Å². The van der Waals surface area contributed by atoms with Gasteiger partial charge in [-0.2, -0.15) is 0 Å². The summed E-state index contributed by atoms with van der Waals surface area (Å²) in [7, 11) is 0. The van der Waals surface area contributed by atoms with E-state index < -0.39 is 0 Å². The minimum absolute atomic E-state index is 0.0211. The SMILES string of the molecule is CCNC(=NCc1cccc(NC(=O)N2CCCC2)c1)NCc1nc(C)c(C)s1. The molecule has 2 aromatic rings. The Morgan fingerprint density at radius 3 is 2.72 bits per heavy atom. The minimum atomic E-state index is -0.0211. The number of nitrogens with one attached hydrogen (secondary N) is 3. The number of anilines is 1. The standard InChI is InChI=1S/C21H30N6OS/c1-4-22-20(24-14-19-25-15(2)16(3)29-19)23-13-17-8-7-9-18(12-17)26-21(28)27-10-5-6-11-27/h7-9,12H,4-6,10-11,13-14H2,1-3H3,(H,26,28)(H2,22,23,24). The Hall–Kier alpha value is -2.61. The van der Waals surface area contributed by atoms with Crippen molar-refractivity contribution in [3.05, 3.63) is 45.4 Å². The van der Waals surface area contributed by atoms with Crippen LogP contribution in [0.4, 0.5) is 10.5 Å². The highest BCUT2D eigenvalue weighted by Crippen LogP contribution is 2.16. The lowest BCUT2D eigenvalue weighted by atomic mass is 10.2. The highest BCUT2D eigenvalue weighted by molar-refractivity contribution is 7.11. The van der Waals surface area contributed by atoms with Crippen LogP contribution in [0.2, 0.25) is 0 Å². The third-order valence-corrected chi connectivity index (χ3v) is 5.89. The number of urea groups is 1. The summed E-state index contributed by atoms with van der Waals surface area (Å²) in [6, 6.07) is 7.84. The monoisotopic (exact) mass is 414 g/mol. The van der Waals surface area contributed by atoms with Gasteiger partial charge in [0, 0.05) is 30.2 Å². The van der Waals surface area contributed by atoms with Crippen molar-refractivity contribution in [1.82, 2.24) is 20.5 Å². The van der Waals surface area contributed by atoms with Gasteiger partial charge in [-0.1, -0.05) is 12.1 Å². The normalized spacial score (nSPS) is 14.2. The molecule has 2 heterocycles. The second-order valence-electron chi connectivity index (χ2n) is 7.12. The molecular formula is C21H30N6OS. The van der Waals surface area contributed by atoms with Crippen LogP contribution in [0.3, 0.4) is 0 Å². The van der Waals surface area contributed by atoms with Gasteiger partial charge >= 0.3 is 6.03 Å². The lowest BCUT2D eigenvalue weighted by Gasteiger charge is -2.16. The van der Waals surface area contributed by atoms with E-state index in [1.54, 1.807) is 11.3 Å². The van der Waals surface area contributed by atoms with E-state index in [4.69, 9.17) is 0 Å². The van der Waals surface area contributed by atoms with Gasteiger partial charge < -0.3 is 20.9 Å². The molecule has 0 atom stereocenters. The van der Waals surface area contributed by atoms with Crippen LogP contribution >= 0.6 is 11.3 Å². The molecule has 156 valence electrons. The summed E-state index contributed by atoms with van der Waals surface area (Å²) in [5, 5.41) is 10.7. The number of aryl methyl sites for hydroxylation is 2. The van der Waals surface area contributed by atoms with Crippen molar-refractivity contribution >= 4 is 29.0 Å². The maximum absolute atomic E-state index is 12.3. The summed E-state index contributed by atoms with van der Waals surface area (Å²) in [6.45, 7) is 9.81. The number of amides is 2. The topological polar surface area (TPSA) is 81.7 Å². The zero-order valence-corrected chi connectivity index (χ0v) is 18.2. The molecule has 0 radical (unpaired) electrons. The number of benzene rings is 1. The molecule has 1 aromatic heterocycles. The number of hydrogen-bond donors (Lipinski definition) is 3. The fourth-order valence-electron chi connectivity index (χ4n) is 3.16. The fraction of sp³-hybridized carbons (Fsp3) is 0.476. The molecule has 8 heteroatoms. The van der Waals surface area contributed by atoms with Gasteiger partial charge in [-0.25, -0.2) is 14.8 Å². The highest BCUT2D eigenvalue weighted by Gasteiger charge is 2.17. The van der Waals surface area contributed by atoms with Crippen molar-refractivity contribution in [2.24, 2.45) is 4.99 Å². The first kappa shape index (κ1) is 21.1. The number of aromatic nitrogens is 1. The molecule has 1 aromatic carbocycles. The van der Waals surface area contributed by atoms with Crippen LogP contribution < -0.4 is 16.0 Å². The second kappa shape index (κ2) is 10.2. The Bertz CT molecular complexity index is 837. The van der Waals surface area contributed by atoms with E-state index in [1.165, 1.54) is 4.88 Å². The van der Waals surface area contributed by atoms with Crippen molar-refractivity contribution in [3.8, 4) is 0 Å². The molecule has 1 aliphatic heterocycles. The Morgan fingerprint density at radius 2 is 2.03 bits per heavy atom. The number of hydrogen-bond acceptors (Lipinski definition) is 4. The van der Waals surface area contributed by atoms with Crippen LogP contribution in [-0.4, -0.2) is 41.5 Å². The lowest BCUT2D eigenvalue weighted by molar-refractivity contribution is 0.222. The Morgan fingerprint density at radius 1 is 1.24 bits per heavy atom. The molecule has 29 heavy (non-hydrogen) atoms. The molecule has 0 spiro atoms. The first-order chi connectivity index (χ1) is 14.0. The van der Waals surface area contributed by atoms with Crippen molar-refractivity contribution in [3.63, 3.8) is 0 Å². The number of rotatable bonds is 6. The first-order valence-electron chi connectivity index (χ1n) is 10.1. The third kappa shape index (κ3) is 6.19. The number of carbonyl (C=O) groups excluding carboxylic acids is 1. The van der Waals surface area contributed by atoms with Crippen LogP contribution in [0.1, 0.15) is 40.9 Å². The molecule has 7 nitrogen and oxygen atoms in total. The number of aliphatic imine (C=N–C) groups is 1. The Kier molecular flexibility index (Phi) is 7.46. The van der Waals surface area contributed by atoms with E-state index in [0.29, 0.717) is 13.1 Å². The third-order valence-electron chi connectivity index (χ3n) is 4.82. The number of guanidine groups is 1. The molecule has 0 bridgehead atoms. The molecule has 1 aliphatic rings. The van der Waals surface area contributed by atoms with Gasteiger partial charge in [0.1, 0.15) is 5.01 Å². The highest BCUT2D eigenvalue weighted by atomic mass is 32.1. The summed E-state index contributed by atoms with van der Waals surface area (Å²) < 4.78 is 0. The van der Waals surface area contributed by atoms with Crippen molar-refractivity contribution in [2.75, 3.05) is 25.0 Å². The molecule has 0 saturated carbocycles. The van der Waals surface area contributed by atoms with Gasteiger partial charge in [-0.3, -0.25) is 0 Å². The summed E-state index contributed by atoms with van der Waals surface area (Å²) in [4.78, 5) is 24.6. The van der Waals surface area contributed by atoms with Gasteiger partial charge in [-0.15, -0.1) is 11.3 Å². The molecule has 3 N–H and O–H groups in total. The second-order valence-corrected chi connectivity index (χ2v) is 8.41. The van der Waals surface area contributed by atoms with Crippen LogP contribution in [0, 0.1) is 13.8 Å². The van der Waals surface area contributed by atoms with Crippen molar-refractivity contribution in [2.45, 2.75) is 46.7 Å². The molecule has 1 fully saturated rings. The summed E-state index contributed by atoms with van der Waals surface area (Å²) in [5.41, 5.74) is 2.94. The average molecular weight is 415 g/mol. The van der Waals surface area contributed by atoms with Gasteiger partial charge in [0.15, 0.2) is 5.96 Å². The summed E-state index contributed by atoms with van der Waals surface area (Å²) >= 11 is 1.71. The van der Waals surface area contributed by atoms with Crippen LogP contribution in [0.25, 0.3) is 0 Å². The van der Waals surface area contributed by atoms with Gasteiger partial charge in [0.05, 0.1) is 18.8 Å². The largest absolute Gasteiger partial charge is 0.357 e. The maximum Gasteiger partial charge on any atom is 0.321 e. The van der Waals surface area contributed by atoms with Crippen LogP contribution in [0.15, 0.2) is 29.3 Å². The number of nitrogens with zero attached hydrogens (tertiary/aromatic N) is 3. The molecule has 3 rings (SSSR count). The number of thiazole rings is 1. The average Bonchev–Trinajstić information content (AvgIpc) is 3.35. The van der Waals surface area contributed by atoms with Gasteiger partial charge in [0.2, 0.25) is 0 Å².